The summed E-state index contributed by atoms with van der Waals surface area (Å²) < 4.78 is 6.48. The van der Waals surface area contributed by atoms with Crippen LogP contribution in [0, 0.1) is 6.92 Å². The van der Waals surface area contributed by atoms with Crippen LogP contribution in [0.1, 0.15) is 42.5 Å². The zero-order chi connectivity index (χ0) is 15.4. The minimum Gasteiger partial charge on any atom is -0.461 e. The summed E-state index contributed by atoms with van der Waals surface area (Å²) in [7, 11) is 0. The number of ether oxygens (including phenoxy) is 1. The van der Waals surface area contributed by atoms with Crippen molar-refractivity contribution in [3.05, 3.63) is 11.5 Å². The molecule has 1 saturated heterocycles. The van der Waals surface area contributed by atoms with E-state index in [1.165, 1.54) is 6.42 Å². The second kappa shape index (κ2) is 6.60. The van der Waals surface area contributed by atoms with Gasteiger partial charge in [-0.1, -0.05) is 0 Å². The summed E-state index contributed by atoms with van der Waals surface area (Å²) in [6.07, 6.45) is 3.25. The van der Waals surface area contributed by atoms with E-state index in [4.69, 9.17) is 10.5 Å². The molecule has 1 aromatic rings. The quantitative estimate of drug-likeness (QED) is 0.835. The highest BCUT2D eigenvalue weighted by atomic mass is 16.5. The van der Waals surface area contributed by atoms with Crippen LogP contribution in [0.3, 0.4) is 0 Å². The number of rotatable bonds is 4. The highest BCUT2D eigenvalue weighted by Crippen LogP contribution is 2.17. The predicted octanol–water partition coefficient (Wildman–Crippen LogP) is 0.963. The molecule has 0 atom stereocenters. The second-order valence-corrected chi connectivity index (χ2v) is 5.14. The maximum atomic E-state index is 12.3. The van der Waals surface area contributed by atoms with Gasteiger partial charge in [0, 0.05) is 13.1 Å². The van der Waals surface area contributed by atoms with Gasteiger partial charge in [0.1, 0.15) is 18.2 Å². The molecule has 0 spiro atoms. The van der Waals surface area contributed by atoms with Crippen molar-refractivity contribution in [3.8, 4) is 0 Å². The largest absolute Gasteiger partial charge is 0.461 e. The van der Waals surface area contributed by atoms with E-state index in [0.29, 0.717) is 5.82 Å². The van der Waals surface area contributed by atoms with E-state index < -0.39 is 5.97 Å². The van der Waals surface area contributed by atoms with Gasteiger partial charge in [-0.2, -0.15) is 0 Å². The molecule has 2 rings (SSSR count). The topological polar surface area (TPSA) is 90.4 Å². The number of nitrogens with zero attached hydrogens (tertiary/aromatic N) is 3. The number of esters is 1. The van der Waals surface area contributed by atoms with Crippen LogP contribution in [-0.4, -0.2) is 46.0 Å². The lowest BCUT2D eigenvalue weighted by Crippen LogP contribution is -2.38. The van der Waals surface area contributed by atoms with E-state index in [2.05, 4.69) is 4.98 Å². The smallest absolute Gasteiger partial charge is 0.360 e. The lowest BCUT2D eigenvalue weighted by atomic mass is 10.1. The van der Waals surface area contributed by atoms with Gasteiger partial charge in [-0.25, -0.2) is 9.78 Å². The minimum atomic E-state index is -0.553. The first-order chi connectivity index (χ1) is 10.0. The maximum absolute atomic E-state index is 12.3. The van der Waals surface area contributed by atoms with Crippen LogP contribution in [0.5, 0.6) is 0 Å². The predicted molar refractivity (Wildman–Crippen MR) is 77.8 cm³/mol. The van der Waals surface area contributed by atoms with Gasteiger partial charge < -0.3 is 19.9 Å². The van der Waals surface area contributed by atoms with E-state index in [-0.39, 0.29) is 30.6 Å². The fourth-order valence-electron chi connectivity index (χ4n) is 2.51. The summed E-state index contributed by atoms with van der Waals surface area (Å²) in [4.78, 5) is 30.0. The van der Waals surface area contributed by atoms with Gasteiger partial charge in [0.15, 0.2) is 5.69 Å². The molecule has 116 valence electrons. The Morgan fingerprint density at radius 3 is 2.57 bits per heavy atom. The standard InChI is InChI=1S/C14H22N4O3/c1-3-21-14(20)12-13(15)18(10(2)16-12)9-11(19)17-7-5-4-6-8-17/h3-9,15H2,1-2H3. The zero-order valence-electron chi connectivity index (χ0n) is 12.6. The van der Waals surface area contributed by atoms with Gasteiger partial charge in [-0.15, -0.1) is 0 Å². The Labute approximate surface area is 124 Å². The summed E-state index contributed by atoms with van der Waals surface area (Å²) in [5, 5.41) is 0. The van der Waals surface area contributed by atoms with Crippen LogP contribution in [-0.2, 0) is 16.1 Å². The molecule has 1 fully saturated rings. The van der Waals surface area contributed by atoms with Gasteiger partial charge in [0.25, 0.3) is 0 Å². The summed E-state index contributed by atoms with van der Waals surface area (Å²) in [5.41, 5.74) is 6.03. The highest BCUT2D eigenvalue weighted by molar-refractivity contribution is 5.92. The Bertz CT molecular complexity index is 533. The first-order valence-electron chi connectivity index (χ1n) is 7.32. The van der Waals surface area contributed by atoms with Crippen LogP contribution in [0.25, 0.3) is 0 Å². The highest BCUT2D eigenvalue weighted by Gasteiger charge is 2.23. The number of carbonyl (C=O) groups is 2. The normalized spacial score (nSPS) is 15.0. The Balaban J connectivity index is 2.12. The number of nitrogens with two attached hydrogens (primary N) is 1. The molecule has 0 radical (unpaired) electrons. The summed E-state index contributed by atoms with van der Waals surface area (Å²) in [5.74, 6) is 0.191. The molecule has 0 unspecified atom stereocenters. The molecule has 1 amide bonds. The second-order valence-electron chi connectivity index (χ2n) is 5.14. The molecule has 0 aromatic carbocycles. The van der Waals surface area contributed by atoms with E-state index in [1.54, 1.807) is 18.4 Å². The number of hydrogen-bond acceptors (Lipinski definition) is 5. The average Bonchev–Trinajstić information content (AvgIpc) is 2.76. The number of amides is 1. The Morgan fingerprint density at radius 2 is 1.95 bits per heavy atom. The van der Waals surface area contributed by atoms with E-state index in [9.17, 15) is 9.59 Å². The number of hydrogen-bond donors (Lipinski definition) is 1. The van der Waals surface area contributed by atoms with Crippen LogP contribution < -0.4 is 5.73 Å². The van der Waals surface area contributed by atoms with Crippen LogP contribution in [0.2, 0.25) is 0 Å². The molecule has 0 aliphatic carbocycles. The van der Waals surface area contributed by atoms with Crippen molar-refractivity contribution < 1.29 is 14.3 Å². The lowest BCUT2D eigenvalue weighted by molar-refractivity contribution is -0.132. The first kappa shape index (κ1) is 15.3. The Hall–Kier alpha value is -2.05. The Kier molecular flexibility index (Phi) is 4.82. The monoisotopic (exact) mass is 294 g/mol. The van der Waals surface area contributed by atoms with Gasteiger partial charge >= 0.3 is 5.97 Å². The third-order valence-corrected chi connectivity index (χ3v) is 3.67. The van der Waals surface area contributed by atoms with E-state index >= 15 is 0 Å². The van der Waals surface area contributed by atoms with Crippen LogP contribution >= 0.6 is 0 Å². The molecule has 2 heterocycles. The summed E-state index contributed by atoms with van der Waals surface area (Å²) >= 11 is 0. The third-order valence-electron chi connectivity index (χ3n) is 3.67. The molecule has 0 saturated carbocycles. The molecule has 0 bridgehead atoms. The maximum Gasteiger partial charge on any atom is 0.360 e. The molecule has 7 heteroatoms. The number of imidazole rings is 1. The fraction of sp³-hybridized carbons (Fsp3) is 0.643. The van der Waals surface area contributed by atoms with Crippen molar-refractivity contribution in [3.63, 3.8) is 0 Å². The van der Waals surface area contributed by atoms with Crippen molar-refractivity contribution in [2.75, 3.05) is 25.4 Å². The molecular formula is C14H22N4O3. The molecule has 21 heavy (non-hydrogen) atoms. The molecule has 1 aromatic heterocycles. The number of piperidine rings is 1. The average molecular weight is 294 g/mol. The van der Waals surface area contributed by atoms with Gasteiger partial charge in [-0.3, -0.25) is 4.79 Å². The van der Waals surface area contributed by atoms with E-state index in [1.807, 2.05) is 4.90 Å². The lowest BCUT2D eigenvalue weighted by Gasteiger charge is -2.27. The van der Waals surface area contributed by atoms with Crippen molar-refractivity contribution in [2.45, 2.75) is 39.7 Å². The molecule has 2 N–H and O–H groups in total. The fourth-order valence-corrected chi connectivity index (χ4v) is 2.51. The minimum absolute atomic E-state index is 0.0114. The van der Waals surface area contributed by atoms with Crippen LogP contribution in [0.15, 0.2) is 0 Å². The molecule has 7 nitrogen and oxygen atoms in total. The summed E-state index contributed by atoms with van der Waals surface area (Å²) in [6.45, 7) is 5.40. The number of aryl methyl sites for hydroxylation is 1. The number of nitrogen functional groups attached to an aromatic ring is 1. The Morgan fingerprint density at radius 1 is 1.29 bits per heavy atom. The first-order valence-corrected chi connectivity index (χ1v) is 7.32. The van der Waals surface area contributed by atoms with Gasteiger partial charge in [0.05, 0.1) is 6.61 Å². The van der Waals surface area contributed by atoms with Crippen molar-refractivity contribution in [2.24, 2.45) is 0 Å². The number of carbonyl (C=O) groups excluding carboxylic acids is 2. The van der Waals surface area contributed by atoms with Gasteiger partial charge in [0.2, 0.25) is 5.91 Å². The van der Waals surface area contributed by atoms with E-state index in [0.717, 1.165) is 25.9 Å². The number of anilines is 1. The van der Waals surface area contributed by atoms with Crippen molar-refractivity contribution >= 4 is 17.7 Å². The molecule has 1 aliphatic rings. The number of aromatic nitrogens is 2. The van der Waals surface area contributed by atoms with Crippen LogP contribution in [0.4, 0.5) is 5.82 Å². The third kappa shape index (κ3) is 3.34. The van der Waals surface area contributed by atoms with Gasteiger partial charge in [-0.05, 0) is 33.1 Å². The number of likely N-dealkylation sites (tertiary alicyclic amines) is 1. The molecule has 1 aliphatic heterocycles. The zero-order valence-corrected chi connectivity index (χ0v) is 12.6. The summed E-state index contributed by atoms with van der Waals surface area (Å²) in [6, 6.07) is 0. The van der Waals surface area contributed by atoms with Crippen molar-refractivity contribution in [1.29, 1.82) is 0 Å². The van der Waals surface area contributed by atoms with Crippen molar-refractivity contribution in [1.82, 2.24) is 14.5 Å². The SMILES string of the molecule is CCOC(=O)c1nc(C)n(CC(=O)N2CCCCC2)c1N. The molecular weight excluding hydrogens is 272 g/mol.